The number of carbonyl (C=O) groups is 10. The number of hydrogen-bond donors (Lipinski definition) is 10. The van der Waals surface area contributed by atoms with Gasteiger partial charge in [0.2, 0.25) is 47.3 Å². The minimum Gasteiger partial charge on any atom is -0.454 e. The lowest BCUT2D eigenvalue weighted by Crippen LogP contribution is -2.59. The van der Waals surface area contributed by atoms with Crippen molar-refractivity contribution in [3.8, 4) is 0 Å². The van der Waals surface area contributed by atoms with E-state index < -0.39 is 109 Å². The summed E-state index contributed by atoms with van der Waals surface area (Å²) < 4.78 is 5.62. The average molecular weight is 1060 g/mol. The molecule has 1 aromatic heterocycles. The largest absolute Gasteiger partial charge is 0.454 e. The van der Waals surface area contributed by atoms with Gasteiger partial charge >= 0.3 is 5.97 Å². The first-order valence-electron chi connectivity index (χ1n) is 25.0. The number of H-pyrrole nitrogens is 1. The average Bonchev–Trinajstić information content (AvgIpc) is 4.22. The summed E-state index contributed by atoms with van der Waals surface area (Å²) in [6.07, 6.45) is 4.12. The molecule has 4 saturated heterocycles. The number of nitrogens with zero attached hydrogens (tertiary/aromatic N) is 3. The number of aromatic amines is 1. The summed E-state index contributed by atoms with van der Waals surface area (Å²) >= 11 is 5.94. The highest BCUT2D eigenvalue weighted by atomic mass is 32.2. The Hall–Kier alpha value is -5.92. The van der Waals surface area contributed by atoms with Gasteiger partial charge in [-0.15, -0.1) is 11.8 Å². The van der Waals surface area contributed by atoms with E-state index >= 15 is 0 Å². The van der Waals surface area contributed by atoms with E-state index in [-0.39, 0.29) is 69.4 Å². The van der Waals surface area contributed by atoms with Gasteiger partial charge in [-0.1, -0.05) is 18.2 Å². The SMILES string of the molecule is CN(C)CCCC[C@@H]1NC(=O)[C@H](CS)NC(=O)C[C@@H](C(=O)N2CCC[C@H]2C(N)=O)NC(=O)[C@H](CCCCNC(=O)[C@@H]2CSCN2)NC(=O)[C@@H]2CCCN2C(=O)COC(=O)[C@H](Cc2c[nH]c3ccccc23)NC1=O. The van der Waals surface area contributed by atoms with Gasteiger partial charge in [-0.3, -0.25) is 48.5 Å². The van der Waals surface area contributed by atoms with Crippen LogP contribution in [0.4, 0.5) is 0 Å². The molecule has 1 aromatic carbocycles. The van der Waals surface area contributed by atoms with Gasteiger partial charge in [0.15, 0.2) is 6.61 Å². The first kappa shape index (κ1) is 56.4. The molecule has 9 amide bonds. The molecule has 8 atom stereocenters. The summed E-state index contributed by atoms with van der Waals surface area (Å²) in [6.45, 7) is 0.382. The molecule has 400 valence electrons. The molecule has 5 heterocycles. The molecule has 0 saturated carbocycles. The molecule has 0 radical (unpaired) electrons. The van der Waals surface area contributed by atoms with Crippen molar-refractivity contribution < 1.29 is 52.7 Å². The second-order valence-electron chi connectivity index (χ2n) is 19.1. The minimum absolute atomic E-state index is 0.00569. The highest BCUT2D eigenvalue weighted by molar-refractivity contribution is 7.99. The maximum absolute atomic E-state index is 14.4. The molecule has 0 aliphatic carbocycles. The summed E-state index contributed by atoms with van der Waals surface area (Å²) in [4.78, 5) is 146. The first-order chi connectivity index (χ1) is 35.0. The summed E-state index contributed by atoms with van der Waals surface area (Å²) in [6, 6.07) is -1.99. The molecule has 0 unspecified atom stereocenters. The Morgan fingerprint density at radius 1 is 0.822 bits per heavy atom. The Bertz CT molecular complexity index is 2330. The Labute approximate surface area is 433 Å². The number of benzene rings is 1. The second kappa shape index (κ2) is 27.4. The van der Waals surface area contributed by atoms with E-state index in [9.17, 15) is 47.9 Å². The molecule has 2 aromatic rings. The molecular weight excluding hydrogens is 985 g/mol. The minimum atomic E-state index is -1.62. The monoisotopic (exact) mass is 1050 g/mol. The maximum atomic E-state index is 14.4. The zero-order chi connectivity index (χ0) is 52.6. The molecule has 25 heteroatoms. The van der Waals surface area contributed by atoms with Gasteiger partial charge in [-0.05, 0) is 96.5 Å². The number of carbonyl (C=O) groups excluding carboxylic acids is 10. The normalized spacial score (nSPS) is 26.2. The van der Waals surface area contributed by atoms with Crippen molar-refractivity contribution in [1.82, 2.24) is 56.9 Å². The van der Waals surface area contributed by atoms with Crippen molar-refractivity contribution in [2.75, 3.05) is 64.3 Å². The van der Waals surface area contributed by atoms with Crippen LogP contribution in [0.5, 0.6) is 0 Å². The summed E-state index contributed by atoms with van der Waals surface area (Å²) in [5.41, 5.74) is 7.10. The number of unbranched alkanes of at least 4 members (excludes halogenated alkanes) is 2. The highest BCUT2D eigenvalue weighted by Gasteiger charge is 2.41. The van der Waals surface area contributed by atoms with Crippen LogP contribution in [-0.2, 0) is 59.1 Å². The Kier molecular flexibility index (Phi) is 21.2. The number of primary amides is 1. The van der Waals surface area contributed by atoms with Crippen molar-refractivity contribution in [3.05, 3.63) is 36.0 Å². The third-order valence-corrected chi connectivity index (χ3v) is 14.8. The fourth-order valence-corrected chi connectivity index (χ4v) is 10.7. The number of nitrogens with one attached hydrogen (secondary N) is 8. The Morgan fingerprint density at radius 2 is 1.51 bits per heavy atom. The van der Waals surface area contributed by atoms with Gasteiger partial charge in [-0.2, -0.15) is 12.6 Å². The number of likely N-dealkylation sites (tertiary alicyclic amines) is 1. The number of cyclic esters (lactones) is 1. The Morgan fingerprint density at radius 3 is 2.22 bits per heavy atom. The fraction of sp³-hybridized carbons (Fsp3) is 0.625. The third kappa shape index (κ3) is 15.8. The number of hydrogen-bond acceptors (Lipinski definition) is 15. The Balaban J connectivity index is 1.30. The standard InChI is InChI=1S/C48H70N12O11S2/c1-58(2)18-8-6-14-31-44(66)57-34(21-28-23-51-30-12-4-3-11-29(28)30)48(70)71-24-40(62)59-19-10-16-38(59)46(68)55-32(13-5-7-17-50-42(64)36-26-73-27-52-36)43(65)56-33(22-39(61)53-35(25-72)45(67)54-31)47(69)60-20-9-15-37(60)41(49)63/h3-4,11-12,23,31-38,51-52,72H,5-10,13-22,24-27H2,1-2H3,(H2,49,63)(H,50,64)(H,53,61)(H,54,67)(H,55,68)(H,56,65)(H,57,66)/t31-,32-,33-,34-,35-,36-,37-,38-/m0/s1. The fourth-order valence-electron chi connectivity index (χ4n) is 9.50. The van der Waals surface area contributed by atoms with Crippen LogP contribution in [-0.4, -0.2) is 191 Å². The van der Waals surface area contributed by atoms with E-state index in [0.717, 1.165) is 10.9 Å². The van der Waals surface area contributed by atoms with Crippen LogP contribution in [0.25, 0.3) is 10.9 Å². The van der Waals surface area contributed by atoms with E-state index in [1.165, 1.54) is 9.80 Å². The zero-order valence-corrected chi connectivity index (χ0v) is 43.1. The predicted molar refractivity (Wildman–Crippen MR) is 273 cm³/mol. The molecule has 4 aliphatic rings. The molecule has 23 nitrogen and oxygen atoms in total. The van der Waals surface area contributed by atoms with Gasteiger partial charge in [0, 0.05) is 60.5 Å². The van der Waals surface area contributed by atoms with Crippen LogP contribution in [0.1, 0.15) is 76.2 Å². The maximum Gasteiger partial charge on any atom is 0.329 e. The second-order valence-corrected chi connectivity index (χ2v) is 20.5. The molecular formula is C48H70N12O11S2. The smallest absolute Gasteiger partial charge is 0.329 e. The van der Waals surface area contributed by atoms with E-state index in [1.807, 2.05) is 43.3 Å². The van der Waals surface area contributed by atoms with Gasteiger partial charge < -0.3 is 62.1 Å². The molecule has 73 heavy (non-hydrogen) atoms. The van der Waals surface area contributed by atoms with Crippen LogP contribution < -0.4 is 43.0 Å². The molecule has 10 N–H and O–H groups in total. The quantitative estimate of drug-likeness (QED) is 0.0502. The molecule has 6 rings (SSSR count). The zero-order valence-electron chi connectivity index (χ0n) is 41.4. The van der Waals surface area contributed by atoms with E-state index in [4.69, 9.17) is 10.5 Å². The molecule has 4 fully saturated rings. The van der Waals surface area contributed by atoms with Crippen LogP contribution in [0, 0.1) is 0 Å². The molecule has 0 bridgehead atoms. The van der Waals surface area contributed by atoms with Gasteiger partial charge in [0.05, 0.1) is 12.5 Å². The van der Waals surface area contributed by atoms with E-state index in [0.29, 0.717) is 62.3 Å². The highest BCUT2D eigenvalue weighted by Crippen LogP contribution is 2.23. The number of aromatic nitrogens is 1. The van der Waals surface area contributed by atoms with Crippen molar-refractivity contribution in [1.29, 1.82) is 0 Å². The lowest BCUT2D eigenvalue weighted by molar-refractivity contribution is -0.155. The van der Waals surface area contributed by atoms with Crippen LogP contribution in [0.15, 0.2) is 30.5 Å². The third-order valence-electron chi connectivity index (χ3n) is 13.5. The number of amides is 9. The van der Waals surface area contributed by atoms with Gasteiger partial charge in [-0.25, -0.2) is 4.79 Å². The lowest BCUT2D eigenvalue weighted by atomic mass is 10.0. The van der Waals surface area contributed by atoms with Crippen LogP contribution in [0.3, 0.4) is 0 Å². The van der Waals surface area contributed by atoms with Gasteiger partial charge in [0.1, 0.15) is 42.3 Å². The van der Waals surface area contributed by atoms with Crippen molar-refractivity contribution in [2.24, 2.45) is 5.73 Å². The van der Waals surface area contributed by atoms with E-state index in [1.54, 1.807) is 18.0 Å². The summed E-state index contributed by atoms with van der Waals surface area (Å²) in [5.74, 6) is -6.33. The van der Waals surface area contributed by atoms with Crippen molar-refractivity contribution >= 4 is 94.4 Å². The van der Waals surface area contributed by atoms with Crippen LogP contribution in [0.2, 0.25) is 0 Å². The number of rotatable bonds is 16. The van der Waals surface area contributed by atoms with E-state index in [2.05, 4.69) is 54.8 Å². The lowest BCUT2D eigenvalue weighted by Gasteiger charge is -2.30. The van der Waals surface area contributed by atoms with Gasteiger partial charge in [0.25, 0.3) is 5.91 Å². The first-order valence-corrected chi connectivity index (χ1v) is 26.8. The number of esters is 1. The number of thioether (sulfide) groups is 1. The number of ether oxygens (including phenoxy) is 1. The molecule has 0 spiro atoms. The number of para-hydroxylation sites is 1. The number of fused-ring (bicyclic) bond motifs is 2. The topological polar surface area (TPSA) is 316 Å². The number of thiol groups is 1. The van der Waals surface area contributed by atoms with Crippen molar-refractivity contribution in [2.45, 2.75) is 125 Å². The van der Waals surface area contributed by atoms with Crippen LogP contribution >= 0.6 is 24.4 Å². The summed E-state index contributed by atoms with van der Waals surface area (Å²) in [7, 11) is 3.79. The number of nitrogens with two attached hydrogens (primary N) is 1. The molecule has 4 aliphatic heterocycles. The summed E-state index contributed by atoms with van der Waals surface area (Å²) in [5, 5.41) is 20.2. The van der Waals surface area contributed by atoms with Crippen molar-refractivity contribution in [3.63, 3.8) is 0 Å². The predicted octanol–water partition coefficient (Wildman–Crippen LogP) is -1.84.